The van der Waals surface area contributed by atoms with Gasteiger partial charge in [-0.05, 0) is 20.8 Å². The first-order valence-electron chi connectivity index (χ1n) is 5.44. The van der Waals surface area contributed by atoms with Crippen LogP contribution in [-0.2, 0) is 9.78 Å². The molecule has 9 nitrogen and oxygen atoms in total. The molecule has 0 amide bonds. The number of nitro groups is 2. The van der Waals surface area contributed by atoms with Crippen LogP contribution in [0, 0.1) is 20.2 Å². The lowest BCUT2D eigenvalue weighted by Crippen LogP contribution is -2.22. The van der Waals surface area contributed by atoms with Crippen molar-refractivity contribution in [3.05, 3.63) is 44.0 Å². The van der Waals surface area contributed by atoms with E-state index in [4.69, 9.17) is 4.89 Å². The van der Waals surface area contributed by atoms with Crippen LogP contribution in [0.2, 0.25) is 0 Å². The molecule has 1 aromatic rings. The van der Waals surface area contributed by atoms with E-state index in [1.54, 1.807) is 20.8 Å². The number of hydrogen-bond acceptors (Lipinski definition) is 7. The lowest BCUT2D eigenvalue weighted by Gasteiger charge is -2.16. The molecule has 0 aliphatic heterocycles. The first kappa shape index (κ1) is 15.5. The van der Waals surface area contributed by atoms with Crippen molar-refractivity contribution >= 4 is 17.3 Å². The zero-order valence-corrected chi connectivity index (χ0v) is 11.0. The topological polar surface area (TPSA) is 122 Å². The molecular formula is C11H12N2O7. The molecule has 0 unspecified atom stereocenters. The smallest absolute Gasteiger partial charge is 0.292 e. The summed E-state index contributed by atoms with van der Waals surface area (Å²) in [6, 6.07) is 2.50. The molecule has 0 radical (unpaired) electrons. The van der Waals surface area contributed by atoms with Crippen molar-refractivity contribution in [2.75, 3.05) is 0 Å². The van der Waals surface area contributed by atoms with Gasteiger partial charge in [-0.15, -0.1) is 0 Å². The minimum atomic E-state index is -1.05. The van der Waals surface area contributed by atoms with E-state index in [1.807, 2.05) is 0 Å². The second-order valence-electron chi connectivity index (χ2n) is 4.82. The highest BCUT2D eigenvalue weighted by Crippen LogP contribution is 2.23. The van der Waals surface area contributed by atoms with E-state index in [-0.39, 0.29) is 5.56 Å². The summed E-state index contributed by atoms with van der Waals surface area (Å²) in [5.41, 5.74) is -2.28. The largest absolute Gasteiger partial charge is 0.373 e. The number of hydrogen-bond donors (Lipinski definition) is 0. The van der Waals surface area contributed by atoms with Crippen LogP contribution < -0.4 is 0 Å². The first-order chi connectivity index (χ1) is 9.10. The average Bonchev–Trinajstić information content (AvgIpc) is 2.34. The van der Waals surface area contributed by atoms with Crippen molar-refractivity contribution in [2.45, 2.75) is 26.4 Å². The number of non-ortho nitro benzene ring substituents is 2. The van der Waals surface area contributed by atoms with Crippen molar-refractivity contribution in [2.24, 2.45) is 0 Å². The molecule has 1 rings (SSSR count). The summed E-state index contributed by atoms with van der Waals surface area (Å²) in [6.07, 6.45) is 0. The van der Waals surface area contributed by atoms with Crippen LogP contribution in [0.1, 0.15) is 31.1 Å². The second-order valence-corrected chi connectivity index (χ2v) is 4.82. The van der Waals surface area contributed by atoms with Crippen LogP contribution in [0.15, 0.2) is 18.2 Å². The van der Waals surface area contributed by atoms with E-state index in [0.29, 0.717) is 0 Å². The van der Waals surface area contributed by atoms with Crippen molar-refractivity contribution in [3.8, 4) is 0 Å². The van der Waals surface area contributed by atoms with Crippen molar-refractivity contribution in [1.82, 2.24) is 0 Å². The van der Waals surface area contributed by atoms with E-state index in [2.05, 4.69) is 4.89 Å². The fourth-order valence-corrected chi connectivity index (χ4v) is 1.13. The Morgan fingerprint density at radius 3 is 1.85 bits per heavy atom. The third-order valence-corrected chi connectivity index (χ3v) is 1.93. The third kappa shape index (κ3) is 4.28. The van der Waals surface area contributed by atoms with E-state index < -0.39 is 32.8 Å². The Balaban J connectivity index is 3.07. The molecule has 0 spiro atoms. The monoisotopic (exact) mass is 284 g/mol. The van der Waals surface area contributed by atoms with Gasteiger partial charge in [0, 0.05) is 12.1 Å². The van der Waals surface area contributed by atoms with E-state index in [1.165, 1.54) is 0 Å². The summed E-state index contributed by atoms with van der Waals surface area (Å²) < 4.78 is 0. The predicted molar refractivity (Wildman–Crippen MR) is 66.0 cm³/mol. The molecule has 0 aliphatic carbocycles. The Morgan fingerprint density at radius 2 is 1.50 bits per heavy atom. The van der Waals surface area contributed by atoms with Gasteiger partial charge in [0.2, 0.25) is 0 Å². The first-order valence-corrected chi connectivity index (χ1v) is 5.44. The Bertz CT molecular complexity index is 530. The maximum atomic E-state index is 11.6. The standard InChI is InChI=1S/C11H12N2O7/c1-11(2,3)20-19-10(14)7-4-8(12(15)16)6-9(5-7)13(17)18/h4-6H,1-3H3. The van der Waals surface area contributed by atoms with E-state index >= 15 is 0 Å². The van der Waals surface area contributed by atoms with Gasteiger partial charge < -0.3 is 0 Å². The average molecular weight is 284 g/mol. The van der Waals surface area contributed by atoms with Gasteiger partial charge in [-0.2, -0.15) is 4.89 Å². The summed E-state index contributed by atoms with van der Waals surface area (Å²) in [5.74, 6) is -1.05. The Hall–Kier alpha value is -2.55. The molecule has 9 heteroatoms. The van der Waals surface area contributed by atoms with Crippen LogP contribution in [-0.4, -0.2) is 21.4 Å². The zero-order valence-electron chi connectivity index (χ0n) is 11.0. The molecule has 0 N–H and O–H groups in total. The molecule has 0 saturated carbocycles. The fraction of sp³-hybridized carbons (Fsp3) is 0.364. The summed E-state index contributed by atoms with van der Waals surface area (Å²) in [5, 5.41) is 21.3. The number of nitrogens with zero attached hydrogens (tertiary/aromatic N) is 2. The summed E-state index contributed by atoms with van der Waals surface area (Å²) >= 11 is 0. The lowest BCUT2D eigenvalue weighted by atomic mass is 10.2. The quantitative estimate of drug-likeness (QED) is 0.472. The Morgan fingerprint density at radius 1 is 1.05 bits per heavy atom. The molecule has 0 saturated heterocycles. The van der Waals surface area contributed by atoms with Gasteiger partial charge in [-0.3, -0.25) is 25.1 Å². The van der Waals surface area contributed by atoms with Crippen LogP contribution in [0.3, 0.4) is 0 Å². The molecule has 0 atom stereocenters. The number of nitro benzene ring substituents is 2. The van der Waals surface area contributed by atoms with Gasteiger partial charge in [-0.25, -0.2) is 4.79 Å². The maximum absolute atomic E-state index is 11.6. The van der Waals surface area contributed by atoms with Gasteiger partial charge in [-0.1, -0.05) is 0 Å². The predicted octanol–water partition coefficient (Wildman–Crippen LogP) is 2.39. The Kier molecular flexibility index (Phi) is 4.35. The summed E-state index contributed by atoms with van der Waals surface area (Å²) in [7, 11) is 0. The molecule has 108 valence electrons. The highest BCUT2D eigenvalue weighted by Gasteiger charge is 2.23. The second kappa shape index (κ2) is 5.61. The summed E-state index contributed by atoms with van der Waals surface area (Å²) in [6.45, 7) is 4.86. The normalized spacial score (nSPS) is 10.9. The molecule has 0 bridgehead atoms. The molecule has 0 fully saturated rings. The van der Waals surface area contributed by atoms with Gasteiger partial charge in [0.1, 0.15) is 5.60 Å². The molecule has 0 aliphatic rings. The van der Waals surface area contributed by atoms with E-state index in [9.17, 15) is 25.0 Å². The van der Waals surface area contributed by atoms with Gasteiger partial charge in [0.05, 0.1) is 21.5 Å². The Labute approximate surface area is 113 Å². The number of carbonyl (C=O) groups is 1. The maximum Gasteiger partial charge on any atom is 0.373 e. The fourth-order valence-electron chi connectivity index (χ4n) is 1.13. The zero-order chi connectivity index (χ0) is 15.5. The highest BCUT2D eigenvalue weighted by molar-refractivity contribution is 5.90. The van der Waals surface area contributed by atoms with Crippen molar-refractivity contribution < 1.29 is 24.4 Å². The number of rotatable bonds is 4. The molecule has 0 heterocycles. The van der Waals surface area contributed by atoms with Crippen molar-refractivity contribution in [1.29, 1.82) is 0 Å². The van der Waals surface area contributed by atoms with E-state index in [0.717, 1.165) is 18.2 Å². The minimum Gasteiger partial charge on any atom is -0.292 e. The third-order valence-electron chi connectivity index (χ3n) is 1.93. The molecular weight excluding hydrogens is 272 g/mol. The minimum absolute atomic E-state index is 0.338. The van der Waals surface area contributed by atoms with Crippen LogP contribution in [0.4, 0.5) is 11.4 Å². The van der Waals surface area contributed by atoms with Crippen LogP contribution in [0.5, 0.6) is 0 Å². The van der Waals surface area contributed by atoms with Gasteiger partial charge in [0.15, 0.2) is 0 Å². The number of benzene rings is 1. The SMILES string of the molecule is CC(C)(C)OOC(=O)c1cc([N+](=O)[O-])cc([N+](=O)[O-])c1. The number of carbonyl (C=O) groups excluding carboxylic acids is 1. The molecule has 0 aromatic heterocycles. The molecule has 20 heavy (non-hydrogen) atoms. The highest BCUT2D eigenvalue weighted by atomic mass is 17.2. The van der Waals surface area contributed by atoms with Crippen molar-refractivity contribution in [3.63, 3.8) is 0 Å². The van der Waals surface area contributed by atoms with Crippen LogP contribution in [0.25, 0.3) is 0 Å². The summed E-state index contributed by atoms with van der Waals surface area (Å²) in [4.78, 5) is 40.5. The molecule has 1 aromatic carbocycles. The van der Waals surface area contributed by atoms with Gasteiger partial charge >= 0.3 is 5.97 Å². The van der Waals surface area contributed by atoms with Gasteiger partial charge in [0.25, 0.3) is 11.4 Å². The lowest BCUT2D eigenvalue weighted by molar-refractivity contribution is -0.394. The van der Waals surface area contributed by atoms with Crippen LogP contribution >= 0.6 is 0 Å².